The van der Waals surface area contributed by atoms with E-state index in [4.69, 9.17) is 4.74 Å². The van der Waals surface area contributed by atoms with Crippen LogP contribution in [0.3, 0.4) is 0 Å². The van der Waals surface area contributed by atoms with Crippen molar-refractivity contribution < 1.29 is 9.53 Å². The molecule has 0 unspecified atom stereocenters. The smallest absolute Gasteiger partial charge is 0.287 e. The maximum atomic E-state index is 12.0. The molecule has 3 aromatic rings. The Balaban J connectivity index is 1.90. The summed E-state index contributed by atoms with van der Waals surface area (Å²) in [6.45, 7) is 0. The summed E-state index contributed by atoms with van der Waals surface area (Å²) in [5.41, 5.74) is 0.729. The average molecular weight is 275 g/mol. The van der Waals surface area contributed by atoms with E-state index in [9.17, 15) is 4.79 Å². The van der Waals surface area contributed by atoms with Crippen LogP contribution in [-0.4, -0.2) is 33.2 Å². The molecule has 2 N–H and O–H groups in total. The number of hydrogen-bond acceptors (Lipinski definition) is 6. The van der Waals surface area contributed by atoms with E-state index in [0.717, 1.165) is 10.2 Å². The van der Waals surface area contributed by atoms with Crippen molar-refractivity contribution >= 4 is 33.4 Å². The van der Waals surface area contributed by atoms with Gasteiger partial charge in [0.15, 0.2) is 5.01 Å². The van der Waals surface area contributed by atoms with E-state index in [1.807, 2.05) is 12.1 Å². The van der Waals surface area contributed by atoms with Gasteiger partial charge in [-0.15, -0.1) is 11.3 Å². The van der Waals surface area contributed by atoms with Crippen LogP contribution in [0, 0.1) is 0 Å². The summed E-state index contributed by atoms with van der Waals surface area (Å²) < 4.78 is 6.04. The lowest BCUT2D eigenvalue weighted by atomic mass is 10.3. The van der Waals surface area contributed by atoms with Gasteiger partial charge in [-0.2, -0.15) is 10.1 Å². The third kappa shape index (κ3) is 2.25. The molecule has 1 aromatic carbocycles. The van der Waals surface area contributed by atoms with E-state index in [1.54, 1.807) is 13.2 Å². The highest BCUT2D eigenvalue weighted by Gasteiger charge is 2.13. The molecule has 7 nitrogen and oxygen atoms in total. The van der Waals surface area contributed by atoms with E-state index in [1.165, 1.54) is 17.7 Å². The molecule has 0 aliphatic carbocycles. The number of ether oxygens (including phenoxy) is 1. The second-order valence-electron chi connectivity index (χ2n) is 3.64. The number of aromatic nitrogens is 4. The summed E-state index contributed by atoms with van der Waals surface area (Å²) in [6.07, 6.45) is 1.32. The molecule has 0 saturated carbocycles. The number of thiazole rings is 1. The number of amides is 1. The minimum Gasteiger partial charge on any atom is -0.497 e. The molecule has 0 aliphatic rings. The van der Waals surface area contributed by atoms with E-state index in [0.29, 0.717) is 16.7 Å². The second kappa shape index (κ2) is 4.65. The van der Waals surface area contributed by atoms with E-state index in [2.05, 4.69) is 25.5 Å². The van der Waals surface area contributed by atoms with Crippen LogP contribution < -0.4 is 10.1 Å². The highest BCUT2D eigenvalue weighted by molar-refractivity contribution is 7.20. The first-order valence-corrected chi connectivity index (χ1v) is 6.19. The molecule has 0 spiro atoms. The fourth-order valence-electron chi connectivity index (χ4n) is 1.56. The van der Waals surface area contributed by atoms with Crippen LogP contribution in [0.1, 0.15) is 9.80 Å². The number of hydrogen-bond donors (Lipinski definition) is 2. The van der Waals surface area contributed by atoms with Gasteiger partial charge in [-0.05, 0) is 12.1 Å². The predicted octanol–water partition coefficient (Wildman–Crippen LogP) is 1.68. The Kier molecular flexibility index (Phi) is 2.84. The Hall–Kier alpha value is -2.48. The van der Waals surface area contributed by atoms with Gasteiger partial charge in [-0.3, -0.25) is 10.1 Å². The summed E-state index contributed by atoms with van der Waals surface area (Å²) in [5.74, 6) is 0.679. The molecule has 0 saturated heterocycles. The van der Waals surface area contributed by atoms with Crippen LogP contribution in [0.25, 0.3) is 10.2 Å². The van der Waals surface area contributed by atoms with Gasteiger partial charge in [-0.1, -0.05) is 0 Å². The van der Waals surface area contributed by atoms with Gasteiger partial charge < -0.3 is 4.74 Å². The zero-order chi connectivity index (χ0) is 13.2. The number of carbonyl (C=O) groups is 1. The van der Waals surface area contributed by atoms with E-state index in [-0.39, 0.29) is 5.91 Å². The minimum absolute atomic E-state index is 0.293. The van der Waals surface area contributed by atoms with E-state index >= 15 is 0 Å². The first kappa shape index (κ1) is 11.6. The van der Waals surface area contributed by atoms with Crippen LogP contribution in [-0.2, 0) is 0 Å². The predicted molar refractivity (Wildman–Crippen MR) is 70.5 cm³/mol. The number of fused-ring (bicyclic) bond motifs is 1. The lowest BCUT2D eigenvalue weighted by molar-refractivity contribution is 0.102. The van der Waals surface area contributed by atoms with Crippen molar-refractivity contribution in [3.8, 4) is 5.75 Å². The number of methoxy groups -OCH3 is 1. The van der Waals surface area contributed by atoms with Gasteiger partial charge >= 0.3 is 0 Å². The van der Waals surface area contributed by atoms with Crippen LogP contribution in [0.4, 0.5) is 5.95 Å². The quantitative estimate of drug-likeness (QED) is 0.758. The summed E-state index contributed by atoms with van der Waals surface area (Å²) in [6, 6.07) is 5.49. The molecule has 1 amide bonds. The van der Waals surface area contributed by atoms with Gasteiger partial charge in [-0.25, -0.2) is 10.1 Å². The molecule has 8 heteroatoms. The molecular weight excluding hydrogens is 266 g/mol. The standard InChI is InChI=1S/C11H9N5O2S/c1-18-6-2-3-8-7(4-6)14-10(19-8)9(17)15-11-12-5-13-16-11/h2-5H,1H3,(H2,12,13,15,16,17). The van der Waals surface area contributed by atoms with Gasteiger partial charge in [0, 0.05) is 6.07 Å². The van der Waals surface area contributed by atoms with Crippen LogP contribution in [0.15, 0.2) is 24.5 Å². The number of nitrogens with one attached hydrogen (secondary N) is 2. The third-order valence-electron chi connectivity index (χ3n) is 2.44. The number of aromatic amines is 1. The second-order valence-corrected chi connectivity index (χ2v) is 4.67. The monoisotopic (exact) mass is 275 g/mol. The number of anilines is 1. The summed E-state index contributed by atoms with van der Waals surface area (Å²) >= 11 is 1.31. The highest BCUT2D eigenvalue weighted by Crippen LogP contribution is 2.26. The maximum Gasteiger partial charge on any atom is 0.287 e. The van der Waals surface area contributed by atoms with Gasteiger partial charge in [0.05, 0.1) is 17.3 Å². The number of H-pyrrole nitrogens is 1. The molecule has 2 aromatic heterocycles. The van der Waals surface area contributed by atoms with Crippen molar-refractivity contribution in [2.24, 2.45) is 0 Å². The van der Waals surface area contributed by atoms with Gasteiger partial charge in [0.25, 0.3) is 5.91 Å². The van der Waals surface area contributed by atoms with Crippen molar-refractivity contribution in [3.63, 3.8) is 0 Å². The highest BCUT2D eigenvalue weighted by atomic mass is 32.1. The fraction of sp³-hybridized carbons (Fsp3) is 0.0909. The Morgan fingerprint density at radius 1 is 1.47 bits per heavy atom. The number of nitrogens with zero attached hydrogens (tertiary/aromatic N) is 3. The molecule has 96 valence electrons. The summed E-state index contributed by atoms with van der Waals surface area (Å²) in [7, 11) is 1.59. The fourth-order valence-corrected chi connectivity index (χ4v) is 2.40. The molecule has 0 fully saturated rings. The van der Waals surface area contributed by atoms with Crippen molar-refractivity contribution in [1.29, 1.82) is 0 Å². The first-order valence-electron chi connectivity index (χ1n) is 5.37. The van der Waals surface area contributed by atoms with Crippen molar-refractivity contribution in [1.82, 2.24) is 20.2 Å². The first-order chi connectivity index (χ1) is 9.26. The van der Waals surface area contributed by atoms with Crippen LogP contribution in [0.5, 0.6) is 5.75 Å². The summed E-state index contributed by atoms with van der Waals surface area (Å²) in [5, 5.41) is 9.14. The molecule has 19 heavy (non-hydrogen) atoms. The molecule has 0 radical (unpaired) electrons. The number of benzene rings is 1. The van der Waals surface area contributed by atoms with Crippen molar-refractivity contribution in [3.05, 3.63) is 29.5 Å². The Morgan fingerprint density at radius 2 is 2.37 bits per heavy atom. The SMILES string of the molecule is COc1ccc2sc(C(=O)Nc3ncn[nH]3)nc2c1. The van der Waals surface area contributed by atoms with Crippen molar-refractivity contribution in [2.75, 3.05) is 12.4 Å². The van der Waals surface area contributed by atoms with Crippen LogP contribution >= 0.6 is 11.3 Å². The number of carbonyl (C=O) groups excluding carboxylic acids is 1. The van der Waals surface area contributed by atoms with Gasteiger partial charge in [0.2, 0.25) is 5.95 Å². The summed E-state index contributed by atoms with van der Waals surface area (Å²) in [4.78, 5) is 20.0. The van der Waals surface area contributed by atoms with Crippen LogP contribution in [0.2, 0.25) is 0 Å². The maximum absolute atomic E-state index is 12.0. The molecule has 0 bridgehead atoms. The van der Waals surface area contributed by atoms with Gasteiger partial charge in [0.1, 0.15) is 12.1 Å². The lowest BCUT2D eigenvalue weighted by Gasteiger charge is -1.96. The largest absolute Gasteiger partial charge is 0.497 e. The van der Waals surface area contributed by atoms with E-state index < -0.39 is 0 Å². The zero-order valence-corrected chi connectivity index (χ0v) is 10.7. The molecular formula is C11H9N5O2S. The molecule has 0 aliphatic heterocycles. The Labute approximate surface area is 111 Å². The Morgan fingerprint density at radius 3 is 3.11 bits per heavy atom. The molecule has 0 atom stereocenters. The normalized spacial score (nSPS) is 10.6. The molecule has 2 heterocycles. The topological polar surface area (TPSA) is 92.8 Å². The lowest BCUT2D eigenvalue weighted by Crippen LogP contribution is -2.12. The average Bonchev–Trinajstić information content (AvgIpc) is 3.05. The Bertz CT molecular complexity index is 722. The number of rotatable bonds is 3. The third-order valence-corrected chi connectivity index (χ3v) is 3.47. The van der Waals surface area contributed by atoms with Crippen molar-refractivity contribution in [2.45, 2.75) is 0 Å². The zero-order valence-electron chi connectivity index (χ0n) is 9.88. The molecule has 3 rings (SSSR count). The minimum atomic E-state index is -0.322.